The summed E-state index contributed by atoms with van der Waals surface area (Å²) in [6, 6.07) is 8.23. The van der Waals surface area contributed by atoms with E-state index in [0.29, 0.717) is 15.6 Å². The van der Waals surface area contributed by atoms with Gasteiger partial charge in [0, 0.05) is 23.7 Å². The molecule has 0 saturated heterocycles. The van der Waals surface area contributed by atoms with Gasteiger partial charge < -0.3 is 10.4 Å². The lowest BCUT2D eigenvalue weighted by atomic mass is 9.98. The van der Waals surface area contributed by atoms with E-state index in [1.165, 1.54) is 29.7 Å². The van der Waals surface area contributed by atoms with Gasteiger partial charge in [0.25, 0.3) is 10.0 Å². The van der Waals surface area contributed by atoms with Crippen molar-refractivity contribution in [3.8, 4) is 21.8 Å². The number of nitrogens with one attached hydrogen (secondary N) is 2. The van der Waals surface area contributed by atoms with Gasteiger partial charge in [-0.2, -0.15) is 0 Å². The molecule has 2 aromatic carbocycles. The fourth-order valence-electron chi connectivity index (χ4n) is 3.54. The molecule has 2 aromatic heterocycles. The Morgan fingerprint density at radius 3 is 2.33 bits per heavy atom. The normalized spacial score (nSPS) is 12.8. The summed E-state index contributed by atoms with van der Waals surface area (Å²) in [7, 11) is -4.80. The first-order valence-corrected chi connectivity index (χ1v) is 14.1. The predicted molar refractivity (Wildman–Crippen MR) is 145 cm³/mol. The number of benzene rings is 2. The van der Waals surface area contributed by atoms with Crippen LogP contribution in [0.1, 0.15) is 32.7 Å². The molecule has 0 aliphatic rings. The number of anilines is 2. The Kier molecular flexibility index (Phi) is 7.96. The molecule has 4 aromatic rings. The summed E-state index contributed by atoms with van der Waals surface area (Å²) < 4.78 is 71.8. The van der Waals surface area contributed by atoms with Gasteiger partial charge in [0.1, 0.15) is 11.6 Å². The van der Waals surface area contributed by atoms with Crippen LogP contribution in [0.5, 0.6) is 0 Å². The third kappa shape index (κ3) is 6.21. The third-order valence-corrected chi connectivity index (χ3v) is 8.32. The van der Waals surface area contributed by atoms with Gasteiger partial charge in [-0.25, -0.2) is 36.5 Å². The molecule has 3 N–H and O–H groups in total. The van der Waals surface area contributed by atoms with E-state index in [9.17, 15) is 22.3 Å². The first kappa shape index (κ1) is 28.5. The molecule has 0 spiro atoms. The van der Waals surface area contributed by atoms with Crippen molar-refractivity contribution in [1.29, 1.82) is 0 Å². The number of hydrogen-bond acceptors (Lipinski definition) is 8. The molecular formula is C26H26F3N5O3S2. The molecule has 0 saturated carbocycles. The highest BCUT2D eigenvalue weighted by Crippen LogP contribution is 2.42. The average molecular weight is 578 g/mol. The van der Waals surface area contributed by atoms with Crippen molar-refractivity contribution in [3.05, 3.63) is 71.1 Å². The number of rotatable bonds is 8. The maximum Gasteiger partial charge on any atom is 0.267 e. The summed E-state index contributed by atoms with van der Waals surface area (Å²) in [5.41, 5.74) is -0.312. The minimum atomic E-state index is -4.80. The summed E-state index contributed by atoms with van der Waals surface area (Å²) in [5.74, 6) is -3.34. The van der Waals surface area contributed by atoms with Crippen LogP contribution >= 0.6 is 11.3 Å². The fraction of sp³-hybridized carbons (Fsp3) is 0.269. The third-order valence-electron chi connectivity index (χ3n) is 5.40. The predicted octanol–water partition coefficient (Wildman–Crippen LogP) is 5.58. The molecule has 1 atom stereocenters. The van der Waals surface area contributed by atoms with Crippen LogP contribution < -0.4 is 10.0 Å². The zero-order valence-corrected chi connectivity index (χ0v) is 23.1. The van der Waals surface area contributed by atoms with E-state index in [1.54, 1.807) is 13.0 Å². The number of aromatic nitrogens is 3. The summed E-state index contributed by atoms with van der Waals surface area (Å²) in [4.78, 5) is 12.6. The molecule has 0 amide bonds. The highest BCUT2D eigenvalue weighted by atomic mass is 32.2. The molecule has 13 heteroatoms. The number of hydrogen-bond donors (Lipinski definition) is 3. The molecular weight excluding hydrogens is 551 g/mol. The number of thiazole rings is 1. The molecule has 0 aliphatic heterocycles. The molecule has 0 aliphatic carbocycles. The number of nitrogens with zero attached hydrogens (tertiary/aromatic N) is 3. The van der Waals surface area contributed by atoms with Crippen molar-refractivity contribution in [1.82, 2.24) is 15.0 Å². The number of aliphatic hydroxyl groups excluding tert-OH is 1. The van der Waals surface area contributed by atoms with Crippen molar-refractivity contribution in [3.63, 3.8) is 0 Å². The molecule has 0 unspecified atom stereocenters. The van der Waals surface area contributed by atoms with Gasteiger partial charge in [0.05, 0.1) is 33.1 Å². The van der Waals surface area contributed by atoms with Crippen molar-refractivity contribution in [2.24, 2.45) is 0 Å². The molecule has 0 fully saturated rings. The zero-order valence-electron chi connectivity index (χ0n) is 21.5. The highest BCUT2D eigenvalue weighted by molar-refractivity contribution is 7.92. The van der Waals surface area contributed by atoms with E-state index in [-0.39, 0.29) is 23.8 Å². The average Bonchev–Trinajstić information content (AvgIpc) is 3.30. The molecule has 2 heterocycles. The van der Waals surface area contributed by atoms with Crippen molar-refractivity contribution >= 4 is 33.0 Å². The summed E-state index contributed by atoms with van der Waals surface area (Å²) in [6.07, 6.45) is 0.874. The SMILES string of the molecule is C[C@H](O)CNc1nccc(-c2sc(C(C)(C)C)nc2-c2cccc(NS(=O)(=O)c3c(F)cccc3F)c2F)n1. The van der Waals surface area contributed by atoms with Gasteiger partial charge in [-0.15, -0.1) is 11.3 Å². The van der Waals surface area contributed by atoms with Crippen LogP contribution in [-0.2, 0) is 15.4 Å². The lowest BCUT2D eigenvalue weighted by Gasteiger charge is -2.14. The minimum absolute atomic E-state index is 0.0388. The first-order valence-electron chi connectivity index (χ1n) is 11.8. The second kappa shape index (κ2) is 10.9. The second-order valence-corrected chi connectivity index (χ2v) is 12.4. The van der Waals surface area contributed by atoms with Crippen LogP contribution in [0.25, 0.3) is 21.8 Å². The first-order chi connectivity index (χ1) is 18.3. The van der Waals surface area contributed by atoms with Gasteiger partial charge in [-0.05, 0) is 37.3 Å². The Bertz CT molecular complexity index is 1600. The number of halogens is 3. The Morgan fingerprint density at radius 1 is 1.03 bits per heavy atom. The van der Waals surface area contributed by atoms with Crippen LogP contribution in [0.3, 0.4) is 0 Å². The maximum absolute atomic E-state index is 15.9. The second-order valence-electron chi connectivity index (χ2n) is 9.77. The smallest absolute Gasteiger partial charge is 0.267 e. The molecule has 0 bridgehead atoms. The molecule has 206 valence electrons. The Morgan fingerprint density at radius 2 is 1.69 bits per heavy atom. The van der Waals surface area contributed by atoms with Gasteiger partial charge in [-0.3, -0.25) is 4.72 Å². The highest BCUT2D eigenvalue weighted by Gasteiger charge is 2.28. The van der Waals surface area contributed by atoms with E-state index < -0.39 is 49.6 Å². The standard InChI is InChI=1S/C26H26F3N5O3S2/c1-14(35)13-31-25-30-12-11-19(32-25)22-21(33-24(38-22)26(2,3)4)15-7-5-10-18(20(15)29)34-39(36,37)23-16(27)8-6-9-17(23)28/h5-12,14,34-35H,13H2,1-4H3,(H,30,31,32)/t14-/m0/s1. The maximum atomic E-state index is 15.9. The Labute approximate surface area is 228 Å². The Hall–Kier alpha value is -3.55. The van der Waals surface area contributed by atoms with E-state index >= 15 is 4.39 Å². The van der Waals surface area contributed by atoms with E-state index in [0.717, 1.165) is 24.3 Å². The van der Waals surface area contributed by atoms with Crippen LogP contribution in [0.4, 0.5) is 24.8 Å². The number of aliphatic hydroxyl groups is 1. The van der Waals surface area contributed by atoms with Crippen LogP contribution in [0.15, 0.2) is 53.6 Å². The van der Waals surface area contributed by atoms with Crippen molar-refractivity contribution in [2.75, 3.05) is 16.6 Å². The lowest BCUT2D eigenvalue weighted by molar-refractivity contribution is 0.208. The van der Waals surface area contributed by atoms with Gasteiger partial charge in [-0.1, -0.05) is 32.9 Å². The molecule has 39 heavy (non-hydrogen) atoms. The van der Waals surface area contributed by atoms with Crippen LogP contribution in [0.2, 0.25) is 0 Å². The van der Waals surface area contributed by atoms with Crippen LogP contribution in [-0.4, -0.2) is 41.1 Å². The van der Waals surface area contributed by atoms with E-state index in [4.69, 9.17) is 0 Å². The fourth-order valence-corrected chi connectivity index (χ4v) is 5.84. The summed E-state index contributed by atoms with van der Waals surface area (Å²) in [6.45, 7) is 7.65. The van der Waals surface area contributed by atoms with Gasteiger partial charge >= 0.3 is 0 Å². The van der Waals surface area contributed by atoms with Crippen molar-refractivity contribution < 1.29 is 26.7 Å². The van der Waals surface area contributed by atoms with Crippen LogP contribution in [0, 0.1) is 17.5 Å². The molecule has 0 radical (unpaired) electrons. The topological polar surface area (TPSA) is 117 Å². The lowest BCUT2D eigenvalue weighted by Crippen LogP contribution is -2.17. The van der Waals surface area contributed by atoms with E-state index in [1.807, 2.05) is 25.5 Å². The van der Waals surface area contributed by atoms with E-state index in [2.05, 4.69) is 20.3 Å². The largest absolute Gasteiger partial charge is 0.392 e. The minimum Gasteiger partial charge on any atom is -0.392 e. The summed E-state index contributed by atoms with van der Waals surface area (Å²) in [5, 5.41) is 13.2. The van der Waals surface area contributed by atoms with Gasteiger partial charge in [0.15, 0.2) is 10.7 Å². The Balaban J connectivity index is 1.81. The van der Waals surface area contributed by atoms with Gasteiger partial charge in [0.2, 0.25) is 5.95 Å². The zero-order chi connectivity index (χ0) is 28.5. The monoisotopic (exact) mass is 577 g/mol. The molecule has 4 rings (SSSR count). The summed E-state index contributed by atoms with van der Waals surface area (Å²) >= 11 is 1.29. The molecule has 8 nitrogen and oxygen atoms in total. The number of sulfonamides is 1. The quantitative estimate of drug-likeness (QED) is 0.250. The van der Waals surface area contributed by atoms with Crippen molar-refractivity contribution in [2.45, 2.75) is 44.1 Å².